The zero-order valence-corrected chi connectivity index (χ0v) is 18.9. The number of carbonyl (C=O) groups excluding carboxylic acids is 1. The molecule has 3 rings (SSSR count). The molecule has 0 radical (unpaired) electrons. The van der Waals surface area contributed by atoms with E-state index in [0.29, 0.717) is 49.1 Å². The molecule has 1 fully saturated rings. The van der Waals surface area contributed by atoms with E-state index in [0.717, 1.165) is 22.9 Å². The number of hydrogen-bond acceptors (Lipinski definition) is 5. The maximum atomic E-state index is 13.2. The molecule has 2 aliphatic rings. The Morgan fingerprint density at radius 1 is 1.17 bits per heavy atom. The number of methoxy groups -OCH3 is 1. The topological polar surface area (TPSA) is 81.7 Å². The Balaban J connectivity index is 2.24. The Morgan fingerprint density at radius 3 is 2.17 bits per heavy atom. The van der Waals surface area contributed by atoms with Crippen LogP contribution in [0.4, 0.5) is 0 Å². The number of carbonyl (C=O) groups is 1. The van der Waals surface area contributed by atoms with Crippen LogP contribution in [-0.2, 0) is 36.7 Å². The molecule has 1 spiro atoms. The predicted molar refractivity (Wildman–Crippen MR) is 113 cm³/mol. The number of amides is 1. The van der Waals surface area contributed by atoms with E-state index in [2.05, 4.69) is 5.32 Å². The second-order valence-corrected chi connectivity index (χ2v) is 9.78. The molecular weight excluding hydrogens is 414 g/mol. The predicted octanol–water partition coefficient (Wildman–Crippen LogP) is 3.61. The summed E-state index contributed by atoms with van der Waals surface area (Å²) in [5, 5.41) is 3.66. The van der Waals surface area contributed by atoms with Crippen LogP contribution in [0.25, 0.3) is 5.57 Å². The maximum absolute atomic E-state index is 13.2. The average molecular weight is 442 g/mol. The van der Waals surface area contributed by atoms with Gasteiger partial charge in [0.25, 0.3) is 5.91 Å². The van der Waals surface area contributed by atoms with E-state index in [1.807, 2.05) is 26.0 Å². The molecule has 0 saturated heterocycles. The second-order valence-electron chi connectivity index (χ2n) is 7.77. The highest BCUT2D eigenvalue weighted by atomic mass is 35.5. The van der Waals surface area contributed by atoms with Gasteiger partial charge in [0.1, 0.15) is 5.54 Å². The number of benzene rings is 1. The lowest BCUT2D eigenvalue weighted by molar-refractivity contribution is -0.116. The molecule has 0 unspecified atom stereocenters. The van der Waals surface area contributed by atoms with E-state index < -0.39 is 15.7 Å². The number of ether oxygens (including phenoxy) is 1. The van der Waals surface area contributed by atoms with Gasteiger partial charge in [0.2, 0.25) is 0 Å². The third-order valence-corrected chi connectivity index (χ3v) is 6.56. The van der Waals surface area contributed by atoms with Crippen LogP contribution in [0, 0.1) is 0 Å². The number of halogens is 1. The van der Waals surface area contributed by atoms with Gasteiger partial charge >= 0.3 is 10.1 Å². The van der Waals surface area contributed by atoms with Crippen LogP contribution in [0.5, 0.6) is 0 Å². The molecule has 1 amide bonds. The minimum Gasteiger partial charge on any atom is -0.384 e. The van der Waals surface area contributed by atoms with E-state index in [9.17, 15) is 13.2 Å². The van der Waals surface area contributed by atoms with Crippen molar-refractivity contribution < 1.29 is 22.1 Å². The molecule has 1 aliphatic heterocycles. The molecule has 29 heavy (non-hydrogen) atoms. The van der Waals surface area contributed by atoms with Gasteiger partial charge in [0.15, 0.2) is 5.76 Å². The highest BCUT2D eigenvalue weighted by Gasteiger charge is 2.50. The fourth-order valence-electron chi connectivity index (χ4n) is 4.45. The minimum atomic E-state index is -3.82. The summed E-state index contributed by atoms with van der Waals surface area (Å²) in [5.41, 5.74) is 2.02. The average Bonchev–Trinajstić information content (AvgIpc) is 2.91. The third kappa shape index (κ3) is 4.32. The van der Waals surface area contributed by atoms with Crippen molar-refractivity contribution in [3.63, 3.8) is 0 Å². The summed E-state index contributed by atoms with van der Waals surface area (Å²) in [7, 11) is -2.15. The van der Waals surface area contributed by atoms with Crippen LogP contribution in [0.2, 0.25) is 5.02 Å². The van der Waals surface area contributed by atoms with Crippen molar-refractivity contribution in [3.8, 4) is 0 Å². The molecule has 1 aromatic carbocycles. The van der Waals surface area contributed by atoms with Crippen LogP contribution in [-0.4, -0.2) is 39.3 Å². The quantitative estimate of drug-likeness (QED) is 0.682. The zero-order chi connectivity index (χ0) is 21.4. The van der Waals surface area contributed by atoms with Gasteiger partial charge < -0.3 is 14.2 Å². The molecule has 160 valence electrons. The molecular formula is C21H28ClNO5S. The monoisotopic (exact) mass is 441 g/mol. The number of hydrogen-bond donors (Lipinski definition) is 1. The molecule has 6 nitrogen and oxygen atoms in total. The zero-order valence-electron chi connectivity index (χ0n) is 17.3. The Kier molecular flexibility index (Phi) is 6.32. The van der Waals surface area contributed by atoms with Gasteiger partial charge in [-0.25, -0.2) is 0 Å². The lowest BCUT2D eigenvalue weighted by Crippen LogP contribution is -2.49. The number of nitrogens with one attached hydrogen (secondary N) is 1. The van der Waals surface area contributed by atoms with E-state index in [1.165, 1.54) is 0 Å². The Morgan fingerprint density at radius 2 is 1.72 bits per heavy atom. The maximum Gasteiger partial charge on any atom is 0.306 e. The van der Waals surface area contributed by atoms with Crippen molar-refractivity contribution in [2.75, 3.05) is 13.4 Å². The van der Waals surface area contributed by atoms with Gasteiger partial charge in [-0.1, -0.05) is 25.4 Å². The summed E-state index contributed by atoms with van der Waals surface area (Å²) in [4.78, 5) is 13.2. The Labute approximate surface area is 177 Å². The van der Waals surface area contributed by atoms with Crippen LogP contribution in [0.1, 0.15) is 56.2 Å². The van der Waals surface area contributed by atoms with Gasteiger partial charge in [0, 0.05) is 12.1 Å². The van der Waals surface area contributed by atoms with E-state index in [-0.39, 0.29) is 17.8 Å². The first-order valence-corrected chi connectivity index (χ1v) is 12.1. The molecule has 1 aliphatic carbocycles. The molecule has 1 saturated carbocycles. The Bertz CT molecular complexity index is 921. The molecule has 0 aromatic heterocycles. The molecule has 1 aromatic rings. The minimum absolute atomic E-state index is 0.0917. The van der Waals surface area contributed by atoms with E-state index in [4.69, 9.17) is 20.5 Å². The van der Waals surface area contributed by atoms with Crippen molar-refractivity contribution >= 4 is 33.2 Å². The lowest BCUT2D eigenvalue weighted by Gasteiger charge is -2.37. The van der Waals surface area contributed by atoms with Crippen molar-refractivity contribution in [3.05, 3.63) is 39.6 Å². The Hall–Kier alpha value is -1.57. The SMILES string of the molecule is CCc1cc(Cl)cc(CC)c1C1=C(OS(C)(=O)=O)[C@]2(CC[C@H](OC)CC2)NC1=O. The van der Waals surface area contributed by atoms with Crippen molar-refractivity contribution in [1.82, 2.24) is 5.32 Å². The van der Waals surface area contributed by atoms with Gasteiger partial charge in [-0.3, -0.25) is 4.79 Å². The molecule has 8 heteroatoms. The lowest BCUT2D eigenvalue weighted by atomic mass is 9.78. The first-order valence-electron chi connectivity index (χ1n) is 9.95. The van der Waals surface area contributed by atoms with Gasteiger partial charge in [-0.2, -0.15) is 8.42 Å². The number of aryl methyl sites for hydroxylation is 2. The van der Waals surface area contributed by atoms with Gasteiger partial charge in [-0.05, 0) is 67.3 Å². The molecule has 1 N–H and O–H groups in total. The first kappa shape index (κ1) is 22.1. The van der Waals surface area contributed by atoms with Gasteiger partial charge in [0.05, 0.1) is 17.9 Å². The number of rotatable bonds is 6. The van der Waals surface area contributed by atoms with Crippen LogP contribution < -0.4 is 5.32 Å². The van der Waals surface area contributed by atoms with Crippen LogP contribution in [0.3, 0.4) is 0 Å². The van der Waals surface area contributed by atoms with Gasteiger partial charge in [-0.15, -0.1) is 0 Å². The smallest absolute Gasteiger partial charge is 0.306 e. The fraction of sp³-hybridized carbons (Fsp3) is 0.571. The fourth-order valence-corrected chi connectivity index (χ4v) is 5.26. The van der Waals surface area contributed by atoms with E-state index >= 15 is 0 Å². The molecule has 1 heterocycles. The summed E-state index contributed by atoms with van der Waals surface area (Å²) in [6, 6.07) is 3.67. The summed E-state index contributed by atoms with van der Waals surface area (Å²) in [6.45, 7) is 3.97. The highest BCUT2D eigenvalue weighted by Crippen LogP contribution is 2.45. The van der Waals surface area contributed by atoms with Crippen LogP contribution >= 0.6 is 11.6 Å². The second kappa shape index (κ2) is 8.28. The highest BCUT2D eigenvalue weighted by molar-refractivity contribution is 7.86. The standard InChI is InChI=1S/C21H28ClNO5S/c1-5-13-11-15(22)12-14(6-2)17(13)18-19(28-29(4,25)26)21(23-20(18)24)9-7-16(27-3)8-10-21/h11-12,16H,5-10H2,1-4H3,(H,23,24)/t16-,21+. The largest absolute Gasteiger partial charge is 0.384 e. The summed E-state index contributed by atoms with van der Waals surface area (Å²) in [6.07, 6.45) is 4.96. The summed E-state index contributed by atoms with van der Waals surface area (Å²) in [5.74, 6) is -0.0856. The summed E-state index contributed by atoms with van der Waals surface area (Å²) < 4.78 is 35.3. The molecule has 0 bridgehead atoms. The van der Waals surface area contributed by atoms with Crippen LogP contribution in [0.15, 0.2) is 17.9 Å². The van der Waals surface area contributed by atoms with Crippen molar-refractivity contribution in [1.29, 1.82) is 0 Å². The first-order chi connectivity index (χ1) is 13.6. The molecule has 0 atom stereocenters. The summed E-state index contributed by atoms with van der Waals surface area (Å²) >= 11 is 6.28. The van der Waals surface area contributed by atoms with Crippen molar-refractivity contribution in [2.45, 2.75) is 64.0 Å². The van der Waals surface area contributed by atoms with Crippen molar-refractivity contribution in [2.24, 2.45) is 0 Å². The normalized spacial score (nSPS) is 24.9. The third-order valence-electron chi connectivity index (χ3n) is 5.87. The van der Waals surface area contributed by atoms with E-state index in [1.54, 1.807) is 7.11 Å².